The molecule has 1 aromatic heterocycles. The van der Waals surface area contributed by atoms with Crippen LogP contribution in [0.2, 0.25) is 0 Å². The van der Waals surface area contributed by atoms with Gasteiger partial charge in [0.05, 0.1) is 18.5 Å². The second-order valence-corrected chi connectivity index (χ2v) is 10.5. The zero-order valence-electron chi connectivity index (χ0n) is 19.9. The Labute approximate surface area is 200 Å². The third kappa shape index (κ3) is 5.15. The van der Waals surface area contributed by atoms with Crippen molar-refractivity contribution in [3.63, 3.8) is 0 Å². The van der Waals surface area contributed by atoms with Crippen LogP contribution in [0.3, 0.4) is 0 Å². The highest BCUT2D eigenvalue weighted by molar-refractivity contribution is 7.89. The molecule has 1 fully saturated rings. The van der Waals surface area contributed by atoms with E-state index in [1.54, 1.807) is 16.8 Å². The van der Waals surface area contributed by atoms with E-state index in [1.807, 2.05) is 32.9 Å². The van der Waals surface area contributed by atoms with Gasteiger partial charge >= 0.3 is 0 Å². The molecule has 2 N–H and O–H groups in total. The van der Waals surface area contributed by atoms with Crippen molar-refractivity contribution in [2.45, 2.75) is 57.4 Å². The normalized spacial score (nSPS) is 14.4. The molecule has 0 saturated heterocycles. The number of anilines is 1. The molecule has 0 atom stereocenters. The summed E-state index contributed by atoms with van der Waals surface area (Å²) in [5.41, 5.74) is 3.95. The molecule has 0 spiro atoms. The number of aromatic nitrogens is 2. The second-order valence-electron chi connectivity index (χ2n) is 8.85. The van der Waals surface area contributed by atoms with Gasteiger partial charge in [0, 0.05) is 17.7 Å². The first kappa shape index (κ1) is 24.0. The summed E-state index contributed by atoms with van der Waals surface area (Å²) in [6.07, 6.45) is 3.62. The van der Waals surface area contributed by atoms with Crippen molar-refractivity contribution in [2.75, 3.05) is 12.4 Å². The van der Waals surface area contributed by atoms with E-state index in [0.717, 1.165) is 48.2 Å². The minimum Gasteiger partial charge on any atom is -0.495 e. The maximum atomic E-state index is 13.2. The lowest BCUT2D eigenvalue weighted by Gasteiger charge is -2.16. The Morgan fingerprint density at radius 2 is 1.71 bits per heavy atom. The van der Waals surface area contributed by atoms with Crippen LogP contribution in [0.25, 0.3) is 5.69 Å². The molecule has 0 unspecified atom stereocenters. The van der Waals surface area contributed by atoms with Crippen LogP contribution in [0.4, 0.5) is 5.82 Å². The Morgan fingerprint density at radius 3 is 2.35 bits per heavy atom. The van der Waals surface area contributed by atoms with Crippen molar-refractivity contribution in [1.29, 1.82) is 0 Å². The number of benzene rings is 2. The van der Waals surface area contributed by atoms with Crippen molar-refractivity contribution in [2.24, 2.45) is 0 Å². The van der Waals surface area contributed by atoms with E-state index in [2.05, 4.69) is 21.2 Å². The summed E-state index contributed by atoms with van der Waals surface area (Å²) in [6.45, 7) is 5.86. The standard InChI is InChI=1S/C25H30N4O4S/c1-16-11-17(2)13-21(12-16)29-24(14-18(3)27-29)26-25(30)19-9-10-22(33-4)23(15-19)34(31,32)28-20-7-5-6-8-20/h9-15,20,28H,5-8H2,1-4H3,(H,26,30). The third-order valence-corrected chi connectivity index (χ3v) is 7.46. The molecular formula is C25H30N4O4S. The molecule has 8 nitrogen and oxygen atoms in total. The highest BCUT2D eigenvalue weighted by Gasteiger charge is 2.27. The summed E-state index contributed by atoms with van der Waals surface area (Å²) < 4.78 is 35.9. The maximum absolute atomic E-state index is 13.2. The smallest absolute Gasteiger partial charge is 0.256 e. The SMILES string of the molecule is COc1ccc(C(=O)Nc2cc(C)nn2-c2cc(C)cc(C)c2)cc1S(=O)(=O)NC1CCCC1. The zero-order valence-corrected chi connectivity index (χ0v) is 20.7. The van der Waals surface area contributed by atoms with Crippen LogP contribution in [0.5, 0.6) is 5.75 Å². The number of amides is 1. The number of nitrogens with one attached hydrogen (secondary N) is 2. The van der Waals surface area contributed by atoms with E-state index < -0.39 is 15.9 Å². The largest absolute Gasteiger partial charge is 0.495 e. The molecular weight excluding hydrogens is 452 g/mol. The summed E-state index contributed by atoms with van der Waals surface area (Å²) in [6, 6.07) is 12.1. The van der Waals surface area contributed by atoms with Crippen molar-refractivity contribution in [1.82, 2.24) is 14.5 Å². The van der Waals surface area contributed by atoms with E-state index in [0.29, 0.717) is 5.82 Å². The Balaban J connectivity index is 1.64. The van der Waals surface area contributed by atoms with Crippen molar-refractivity contribution in [3.05, 3.63) is 64.8 Å². The molecule has 2 aromatic carbocycles. The lowest BCUT2D eigenvalue weighted by atomic mass is 10.1. The van der Waals surface area contributed by atoms with Crippen molar-refractivity contribution >= 4 is 21.7 Å². The molecule has 1 amide bonds. The number of carbonyl (C=O) groups is 1. The van der Waals surface area contributed by atoms with E-state index in [9.17, 15) is 13.2 Å². The number of ether oxygens (including phenoxy) is 1. The fourth-order valence-corrected chi connectivity index (χ4v) is 5.90. The Hall–Kier alpha value is -3.17. The molecule has 4 rings (SSSR count). The lowest BCUT2D eigenvalue weighted by molar-refractivity contribution is 0.102. The number of sulfonamides is 1. The molecule has 0 radical (unpaired) electrons. The van der Waals surface area contributed by atoms with Gasteiger partial charge in [0.15, 0.2) is 0 Å². The van der Waals surface area contributed by atoms with E-state index in [1.165, 1.54) is 19.2 Å². The van der Waals surface area contributed by atoms with E-state index in [-0.39, 0.29) is 22.3 Å². The third-order valence-electron chi connectivity index (χ3n) is 5.92. The minimum atomic E-state index is -3.84. The van der Waals surface area contributed by atoms with Gasteiger partial charge < -0.3 is 10.1 Å². The number of carbonyl (C=O) groups excluding carboxylic acids is 1. The van der Waals surface area contributed by atoms with Crippen molar-refractivity contribution in [3.8, 4) is 11.4 Å². The molecule has 3 aromatic rings. The number of methoxy groups -OCH3 is 1. The van der Waals surface area contributed by atoms with Gasteiger partial charge in [-0.15, -0.1) is 0 Å². The first-order valence-electron chi connectivity index (χ1n) is 11.3. The van der Waals surface area contributed by atoms with Crippen LogP contribution >= 0.6 is 0 Å². The van der Waals surface area contributed by atoms with Crippen LogP contribution in [-0.4, -0.2) is 37.3 Å². The van der Waals surface area contributed by atoms with Gasteiger partial charge in [-0.05, 0) is 75.1 Å². The fraction of sp³-hybridized carbons (Fsp3) is 0.360. The Morgan fingerprint density at radius 1 is 1.03 bits per heavy atom. The summed E-state index contributed by atoms with van der Waals surface area (Å²) in [5, 5.41) is 7.41. The zero-order chi connectivity index (χ0) is 24.5. The van der Waals surface area contributed by atoms with Gasteiger partial charge in [0.25, 0.3) is 5.91 Å². The molecule has 180 valence electrons. The number of nitrogens with zero attached hydrogens (tertiary/aromatic N) is 2. The topological polar surface area (TPSA) is 102 Å². The molecule has 0 bridgehead atoms. The summed E-state index contributed by atoms with van der Waals surface area (Å²) in [5.74, 6) is 0.250. The molecule has 0 aliphatic heterocycles. The number of hydrogen-bond acceptors (Lipinski definition) is 5. The number of aryl methyl sites for hydroxylation is 3. The van der Waals surface area contributed by atoms with E-state index >= 15 is 0 Å². The van der Waals surface area contributed by atoms with Gasteiger partial charge in [-0.25, -0.2) is 17.8 Å². The summed E-state index contributed by atoms with van der Waals surface area (Å²) in [7, 11) is -2.43. The minimum absolute atomic E-state index is 0.0476. The van der Waals surface area contributed by atoms with Gasteiger partial charge in [0.1, 0.15) is 16.5 Å². The molecule has 1 heterocycles. The van der Waals surface area contributed by atoms with Gasteiger partial charge in [-0.2, -0.15) is 5.10 Å². The van der Waals surface area contributed by atoms with Crippen molar-refractivity contribution < 1.29 is 17.9 Å². The van der Waals surface area contributed by atoms with Gasteiger partial charge in [-0.3, -0.25) is 4.79 Å². The number of rotatable bonds is 7. The Kier molecular flexibility index (Phi) is 6.77. The average Bonchev–Trinajstić information content (AvgIpc) is 3.41. The van der Waals surface area contributed by atoms with Crippen LogP contribution < -0.4 is 14.8 Å². The van der Waals surface area contributed by atoms with Crippen LogP contribution in [-0.2, 0) is 10.0 Å². The lowest BCUT2D eigenvalue weighted by Crippen LogP contribution is -2.33. The summed E-state index contributed by atoms with van der Waals surface area (Å²) >= 11 is 0. The monoisotopic (exact) mass is 482 g/mol. The van der Waals surface area contributed by atoms with Gasteiger partial charge in [-0.1, -0.05) is 18.9 Å². The highest BCUT2D eigenvalue weighted by Crippen LogP contribution is 2.28. The first-order valence-corrected chi connectivity index (χ1v) is 12.8. The van der Waals surface area contributed by atoms with Gasteiger partial charge in [0.2, 0.25) is 10.0 Å². The van der Waals surface area contributed by atoms with Crippen LogP contribution in [0, 0.1) is 20.8 Å². The second kappa shape index (κ2) is 9.60. The molecule has 1 saturated carbocycles. The first-order chi connectivity index (χ1) is 16.2. The maximum Gasteiger partial charge on any atom is 0.256 e. The Bertz CT molecular complexity index is 1300. The summed E-state index contributed by atoms with van der Waals surface area (Å²) in [4.78, 5) is 13.1. The predicted molar refractivity (Wildman–Crippen MR) is 131 cm³/mol. The molecule has 1 aliphatic carbocycles. The number of hydrogen-bond donors (Lipinski definition) is 2. The fourth-order valence-electron chi connectivity index (χ4n) is 4.40. The predicted octanol–water partition coefficient (Wildman–Crippen LogP) is 4.28. The molecule has 1 aliphatic rings. The quantitative estimate of drug-likeness (QED) is 0.523. The van der Waals surface area contributed by atoms with Crippen LogP contribution in [0.1, 0.15) is 52.9 Å². The molecule has 34 heavy (non-hydrogen) atoms. The van der Waals surface area contributed by atoms with E-state index in [4.69, 9.17) is 4.74 Å². The molecule has 9 heteroatoms. The average molecular weight is 483 g/mol. The van der Waals surface area contributed by atoms with Crippen LogP contribution in [0.15, 0.2) is 47.4 Å². The highest BCUT2D eigenvalue weighted by atomic mass is 32.2.